The molecule has 0 aliphatic heterocycles. The monoisotopic (exact) mass is 237 g/mol. The molecule has 0 bridgehead atoms. The summed E-state index contributed by atoms with van der Waals surface area (Å²) in [6.45, 7) is 0. The van der Waals surface area contributed by atoms with E-state index >= 15 is 0 Å². The van der Waals surface area contributed by atoms with Gasteiger partial charge in [0.1, 0.15) is 5.52 Å². The first-order chi connectivity index (χ1) is 6.48. The predicted octanol–water partition coefficient (Wildman–Crippen LogP) is 3.97. The lowest BCUT2D eigenvalue weighted by atomic mass is 10.3. The van der Waals surface area contributed by atoms with Gasteiger partial charge in [0.25, 0.3) is 0 Å². The topological polar surface area (TPSA) is 12.9 Å². The smallest absolute Gasteiger partial charge is 0.230 e. The first-order valence-electron chi connectivity index (χ1n) is 3.61. The van der Waals surface area contributed by atoms with Gasteiger partial charge in [-0.2, -0.15) is 13.2 Å². The molecule has 0 radical (unpaired) electrons. The summed E-state index contributed by atoms with van der Waals surface area (Å²) in [5.74, 6) is 0. The molecule has 0 saturated carbocycles. The Morgan fingerprint density at radius 3 is 2.57 bits per heavy atom. The Labute approximate surface area is 86.1 Å². The van der Waals surface area contributed by atoms with E-state index in [9.17, 15) is 13.2 Å². The fraction of sp³-hybridized carbons (Fsp3) is 0.125. The van der Waals surface area contributed by atoms with Crippen molar-refractivity contribution in [2.24, 2.45) is 0 Å². The second-order valence-electron chi connectivity index (χ2n) is 2.60. The Balaban J connectivity index is 2.69. The van der Waals surface area contributed by atoms with Crippen LogP contribution < -0.4 is 0 Å². The van der Waals surface area contributed by atoms with Crippen molar-refractivity contribution in [1.29, 1.82) is 0 Å². The molecule has 1 aromatic carbocycles. The van der Waals surface area contributed by atoms with E-state index in [2.05, 4.69) is 4.98 Å². The number of alkyl halides is 3. The van der Waals surface area contributed by atoms with Gasteiger partial charge in [0.05, 0.1) is 9.72 Å². The Hall–Kier alpha value is -0.810. The van der Waals surface area contributed by atoms with Gasteiger partial charge in [-0.25, -0.2) is 4.98 Å². The van der Waals surface area contributed by atoms with E-state index in [0.29, 0.717) is 16.0 Å². The molecular weight excluding hydrogens is 235 g/mol. The summed E-state index contributed by atoms with van der Waals surface area (Å²) in [6.07, 6.45) is -4.40. The number of hydrogen-bond acceptors (Lipinski definition) is 2. The summed E-state index contributed by atoms with van der Waals surface area (Å²) in [4.78, 5) is 3.45. The molecule has 0 amide bonds. The van der Waals surface area contributed by atoms with Crippen LogP contribution in [-0.4, -0.2) is 4.98 Å². The molecule has 0 aliphatic rings. The molecule has 1 heterocycles. The van der Waals surface area contributed by atoms with Crippen molar-refractivity contribution in [3.63, 3.8) is 0 Å². The van der Waals surface area contributed by atoms with Crippen LogP contribution in [0.3, 0.4) is 0 Å². The molecule has 74 valence electrons. The van der Waals surface area contributed by atoms with E-state index in [-0.39, 0.29) is 10.5 Å². The van der Waals surface area contributed by atoms with Gasteiger partial charge in [-0.05, 0) is 12.1 Å². The van der Waals surface area contributed by atoms with Crippen LogP contribution in [0.25, 0.3) is 10.2 Å². The molecule has 2 rings (SSSR count). The number of aromatic nitrogens is 1. The average Bonchev–Trinajstić information content (AvgIpc) is 2.48. The van der Waals surface area contributed by atoms with Crippen LogP contribution in [0.2, 0.25) is 5.02 Å². The SMILES string of the molecule is FC(F)(F)c1nc2c(Cl)cccc2s1. The Bertz CT molecular complexity index is 477. The third-order valence-electron chi connectivity index (χ3n) is 1.61. The molecule has 0 N–H and O–H groups in total. The van der Waals surface area contributed by atoms with Gasteiger partial charge >= 0.3 is 6.18 Å². The maximum Gasteiger partial charge on any atom is 0.443 e. The highest BCUT2D eigenvalue weighted by Crippen LogP contribution is 2.37. The van der Waals surface area contributed by atoms with E-state index < -0.39 is 11.2 Å². The van der Waals surface area contributed by atoms with E-state index in [4.69, 9.17) is 11.6 Å². The standard InChI is InChI=1S/C8H3ClF3NS/c9-4-2-1-3-5-6(4)13-7(14-5)8(10,11)12/h1-3H. The highest BCUT2D eigenvalue weighted by Gasteiger charge is 2.35. The largest absolute Gasteiger partial charge is 0.443 e. The number of halogens is 4. The van der Waals surface area contributed by atoms with E-state index in [1.165, 1.54) is 6.07 Å². The maximum atomic E-state index is 12.3. The van der Waals surface area contributed by atoms with Crippen molar-refractivity contribution >= 4 is 33.2 Å². The highest BCUT2D eigenvalue weighted by molar-refractivity contribution is 7.18. The van der Waals surface area contributed by atoms with Crippen LogP contribution in [-0.2, 0) is 6.18 Å². The third kappa shape index (κ3) is 1.57. The Morgan fingerprint density at radius 2 is 2.00 bits per heavy atom. The Morgan fingerprint density at radius 1 is 1.29 bits per heavy atom. The van der Waals surface area contributed by atoms with E-state index in [1.54, 1.807) is 12.1 Å². The number of thiazole rings is 1. The quantitative estimate of drug-likeness (QED) is 0.676. The molecule has 14 heavy (non-hydrogen) atoms. The van der Waals surface area contributed by atoms with Gasteiger partial charge in [-0.15, -0.1) is 11.3 Å². The summed E-state index contributed by atoms with van der Waals surface area (Å²) in [5.41, 5.74) is 0.214. The van der Waals surface area contributed by atoms with Crippen LogP contribution in [0, 0.1) is 0 Å². The van der Waals surface area contributed by atoms with Crippen LogP contribution in [0.1, 0.15) is 5.01 Å². The third-order valence-corrected chi connectivity index (χ3v) is 2.98. The lowest BCUT2D eigenvalue weighted by Crippen LogP contribution is -2.03. The molecule has 0 spiro atoms. The molecule has 2 aromatic rings. The molecular formula is C8H3ClF3NS. The van der Waals surface area contributed by atoms with Crippen molar-refractivity contribution in [1.82, 2.24) is 4.98 Å². The molecule has 0 atom stereocenters. The number of para-hydroxylation sites is 1. The van der Waals surface area contributed by atoms with E-state index in [0.717, 1.165) is 0 Å². The predicted molar refractivity (Wildman–Crippen MR) is 49.6 cm³/mol. The van der Waals surface area contributed by atoms with Crippen molar-refractivity contribution in [3.8, 4) is 0 Å². The fourth-order valence-corrected chi connectivity index (χ4v) is 2.17. The minimum absolute atomic E-state index is 0.214. The van der Waals surface area contributed by atoms with Crippen molar-refractivity contribution in [3.05, 3.63) is 28.2 Å². The van der Waals surface area contributed by atoms with Crippen LogP contribution in [0.4, 0.5) is 13.2 Å². The minimum atomic E-state index is -4.40. The van der Waals surface area contributed by atoms with Gasteiger partial charge in [0.15, 0.2) is 5.01 Å². The Kier molecular flexibility index (Phi) is 2.16. The highest BCUT2D eigenvalue weighted by atomic mass is 35.5. The van der Waals surface area contributed by atoms with Gasteiger partial charge < -0.3 is 0 Å². The second-order valence-corrected chi connectivity index (χ2v) is 4.04. The summed E-state index contributed by atoms with van der Waals surface area (Å²) < 4.78 is 37.2. The van der Waals surface area contributed by atoms with E-state index in [1.807, 2.05) is 0 Å². The lowest BCUT2D eigenvalue weighted by molar-refractivity contribution is -0.137. The zero-order valence-electron chi connectivity index (χ0n) is 6.60. The first kappa shape index (κ1) is 9.73. The number of rotatable bonds is 0. The molecule has 0 unspecified atom stereocenters. The molecule has 1 nitrogen and oxygen atoms in total. The zero-order chi connectivity index (χ0) is 10.3. The summed E-state index contributed by atoms with van der Waals surface area (Å²) >= 11 is 6.30. The van der Waals surface area contributed by atoms with Crippen molar-refractivity contribution < 1.29 is 13.2 Å². The first-order valence-corrected chi connectivity index (χ1v) is 4.80. The lowest BCUT2D eigenvalue weighted by Gasteiger charge is -1.98. The number of hydrogen-bond donors (Lipinski definition) is 0. The van der Waals surface area contributed by atoms with Crippen molar-refractivity contribution in [2.75, 3.05) is 0 Å². The number of fused-ring (bicyclic) bond motifs is 1. The van der Waals surface area contributed by atoms with Gasteiger partial charge in [0.2, 0.25) is 0 Å². The summed E-state index contributed by atoms with van der Waals surface area (Å²) in [6, 6.07) is 4.68. The summed E-state index contributed by atoms with van der Waals surface area (Å²) in [7, 11) is 0. The van der Waals surface area contributed by atoms with Gasteiger partial charge in [-0.1, -0.05) is 17.7 Å². The normalized spacial score (nSPS) is 12.3. The molecule has 1 aromatic heterocycles. The maximum absolute atomic E-state index is 12.3. The summed E-state index contributed by atoms with van der Waals surface area (Å²) in [5, 5.41) is -0.616. The number of benzene rings is 1. The minimum Gasteiger partial charge on any atom is -0.230 e. The number of nitrogens with zero attached hydrogens (tertiary/aromatic N) is 1. The molecule has 0 aliphatic carbocycles. The second kappa shape index (κ2) is 3.10. The fourth-order valence-electron chi connectivity index (χ4n) is 1.04. The molecule has 6 heteroatoms. The van der Waals surface area contributed by atoms with Crippen LogP contribution in [0.15, 0.2) is 18.2 Å². The van der Waals surface area contributed by atoms with Crippen molar-refractivity contribution in [2.45, 2.75) is 6.18 Å². The zero-order valence-corrected chi connectivity index (χ0v) is 8.17. The molecule has 0 fully saturated rings. The van der Waals surface area contributed by atoms with Gasteiger partial charge in [0, 0.05) is 0 Å². The van der Waals surface area contributed by atoms with Gasteiger partial charge in [-0.3, -0.25) is 0 Å². The average molecular weight is 238 g/mol. The molecule has 0 saturated heterocycles. The van der Waals surface area contributed by atoms with Crippen LogP contribution in [0.5, 0.6) is 0 Å². The van der Waals surface area contributed by atoms with Crippen LogP contribution >= 0.6 is 22.9 Å².